The van der Waals surface area contributed by atoms with Gasteiger partial charge in [0.2, 0.25) is 5.75 Å². The molecular formula is C16H23NO5. The fourth-order valence-corrected chi connectivity index (χ4v) is 2.59. The van der Waals surface area contributed by atoms with Crippen molar-refractivity contribution >= 4 is 5.91 Å². The van der Waals surface area contributed by atoms with Crippen LogP contribution in [0, 0.1) is 0 Å². The van der Waals surface area contributed by atoms with Crippen molar-refractivity contribution in [3.8, 4) is 17.2 Å². The molecular weight excluding hydrogens is 286 g/mol. The monoisotopic (exact) mass is 309 g/mol. The van der Waals surface area contributed by atoms with Gasteiger partial charge in [-0.25, -0.2) is 0 Å². The van der Waals surface area contributed by atoms with Crippen molar-refractivity contribution in [2.45, 2.75) is 31.9 Å². The first-order chi connectivity index (χ1) is 10.6. The molecule has 1 amide bonds. The second-order valence-corrected chi connectivity index (χ2v) is 5.23. The summed E-state index contributed by atoms with van der Waals surface area (Å²) in [4.78, 5) is 12.4. The Morgan fingerprint density at radius 1 is 1.23 bits per heavy atom. The van der Waals surface area contributed by atoms with Crippen molar-refractivity contribution in [1.82, 2.24) is 5.32 Å². The minimum Gasteiger partial charge on any atom is -0.493 e. The predicted octanol–water partition coefficient (Wildman–Crippen LogP) is 2.01. The van der Waals surface area contributed by atoms with Crippen LogP contribution in [-0.4, -0.2) is 46.0 Å². The second kappa shape index (κ2) is 7.35. The topological polar surface area (TPSA) is 66.0 Å². The molecule has 0 unspecified atom stereocenters. The summed E-state index contributed by atoms with van der Waals surface area (Å²) in [5.41, 5.74) is 0.458. The molecule has 1 saturated heterocycles. The predicted molar refractivity (Wildman–Crippen MR) is 82.0 cm³/mol. The molecule has 1 N–H and O–H groups in total. The first kappa shape index (κ1) is 16.4. The van der Waals surface area contributed by atoms with Crippen molar-refractivity contribution in [3.05, 3.63) is 17.7 Å². The Labute approximate surface area is 130 Å². The van der Waals surface area contributed by atoms with E-state index in [2.05, 4.69) is 5.32 Å². The summed E-state index contributed by atoms with van der Waals surface area (Å²) < 4.78 is 21.4. The maximum Gasteiger partial charge on any atom is 0.251 e. The lowest BCUT2D eigenvalue weighted by Gasteiger charge is -2.20. The highest BCUT2D eigenvalue weighted by Crippen LogP contribution is 2.38. The lowest BCUT2D eigenvalue weighted by atomic mass is 10.1. The standard InChI is InChI=1S/C16H23NO5/c1-10(12-6-5-7-22-12)17-16(18)11-8-13(19-2)15(21-4)14(9-11)20-3/h8-10,12H,5-7H2,1-4H3,(H,17,18)/t10-,12+/m1/s1. The number of amides is 1. The van der Waals surface area contributed by atoms with Crippen LogP contribution >= 0.6 is 0 Å². The summed E-state index contributed by atoms with van der Waals surface area (Å²) in [5, 5.41) is 2.96. The Hall–Kier alpha value is -1.95. The molecule has 0 radical (unpaired) electrons. The first-order valence-electron chi connectivity index (χ1n) is 7.33. The number of methoxy groups -OCH3 is 3. The van der Waals surface area contributed by atoms with E-state index in [4.69, 9.17) is 18.9 Å². The number of rotatable bonds is 6. The van der Waals surface area contributed by atoms with E-state index < -0.39 is 0 Å². The molecule has 1 aromatic rings. The molecule has 0 aliphatic carbocycles. The molecule has 2 rings (SSSR count). The fourth-order valence-electron chi connectivity index (χ4n) is 2.59. The lowest BCUT2D eigenvalue weighted by molar-refractivity contribution is 0.0712. The van der Waals surface area contributed by atoms with Crippen LogP contribution in [0.3, 0.4) is 0 Å². The smallest absolute Gasteiger partial charge is 0.251 e. The summed E-state index contributed by atoms with van der Waals surface area (Å²) >= 11 is 0. The van der Waals surface area contributed by atoms with Crippen molar-refractivity contribution < 1.29 is 23.7 Å². The zero-order valence-corrected chi connectivity index (χ0v) is 13.5. The van der Waals surface area contributed by atoms with Crippen molar-refractivity contribution in [3.63, 3.8) is 0 Å². The number of benzene rings is 1. The molecule has 22 heavy (non-hydrogen) atoms. The lowest BCUT2D eigenvalue weighted by Crippen LogP contribution is -2.40. The van der Waals surface area contributed by atoms with Gasteiger partial charge in [-0.15, -0.1) is 0 Å². The van der Waals surface area contributed by atoms with E-state index in [1.165, 1.54) is 21.3 Å². The molecule has 1 aliphatic rings. The third kappa shape index (κ3) is 3.44. The molecule has 2 atom stereocenters. The van der Waals surface area contributed by atoms with E-state index in [1.807, 2.05) is 6.92 Å². The van der Waals surface area contributed by atoms with Crippen molar-refractivity contribution in [2.75, 3.05) is 27.9 Å². The zero-order chi connectivity index (χ0) is 16.1. The van der Waals surface area contributed by atoms with E-state index in [1.54, 1.807) is 12.1 Å². The summed E-state index contributed by atoms with van der Waals surface area (Å²) in [6.07, 6.45) is 2.08. The molecule has 0 bridgehead atoms. The van der Waals surface area contributed by atoms with Crippen LogP contribution in [0.2, 0.25) is 0 Å². The number of hydrogen-bond donors (Lipinski definition) is 1. The Kier molecular flexibility index (Phi) is 5.49. The largest absolute Gasteiger partial charge is 0.493 e. The minimum atomic E-state index is -0.192. The molecule has 122 valence electrons. The van der Waals surface area contributed by atoms with Crippen LogP contribution in [-0.2, 0) is 4.74 Å². The molecule has 0 spiro atoms. The summed E-state index contributed by atoms with van der Waals surface area (Å²) in [7, 11) is 4.57. The van der Waals surface area contributed by atoms with Gasteiger partial charge in [0.25, 0.3) is 5.91 Å². The van der Waals surface area contributed by atoms with Gasteiger partial charge < -0.3 is 24.3 Å². The number of nitrogens with one attached hydrogen (secondary N) is 1. The van der Waals surface area contributed by atoms with E-state index in [9.17, 15) is 4.79 Å². The number of hydrogen-bond acceptors (Lipinski definition) is 5. The number of ether oxygens (including phenoxy) is 4. The summed E-state index contributed by atoms with van der Waals surface area (Å²) in [5.74, 6) is 1.18. The van der Waals surface area contributed by atoms with Gasteiger partial charge in [0, 0.05) is 12.2 Å². The molecule has 6 nitrogen and oxygen atoms in total. The van der Waals surface area contributed by atoms with E-state index in [0.717, 1.165) is 19.4 Å². The van der Waals surface area contributed by atoms with Gasteiger partial charge in [0.15, 0.2) is 11.5 Å². The average Bonchev–Trinajstić information content (AvgIpc) is 3.07. The SMILES string of the molecule is COc1cc(C(=O)N[C@H](C)[C@@H]2CCCO2)cc(OC)c1OC. The van der Waals surface area contributed by atoms with Crippen LogP contribution in [0.1, 0.15) is 30.1 Å². The van der Waals surface area contributed by atoms with Gasteiger partial charge in [-0.2, -0.15) is 0 Å². The van der Waals surface area contributed by atoms with E-state index >= 15 is 0 Å². The average molecular weight is 309 g/mol. The molecule has 1 aliphatic heterocycles. The maximum absolute atomic E-state index is 12.4. The number of carbonyl (C=O) groups is 1. The molecule has 6 heteroatoms. The minimum absolute atomic E-state index is 0.0471. The summed E-state index contributed by atoms with van der Waals surface area (Å²) in [6, 6.07) is 3.23. The second-order valence-electron chi connectivity index (χ2n) is 5.23. The van der Waals surface area contributed by atoms with Gasteiger partial charge in [-0.3, -0.25) is 4.79 Å². The molecule has 0 saturated carbocycles. The molecule has 0 aromatic heterocycles. The highest BCUT2D eigenvalue weighted by atomic mass is 16.5. The van der Waals surface area contributed by atoms with Crippen molar-refractivity contribution in [2.24, 2.45) is 0 Å². The van der Waals surface area contributed by atoms with Gasteiger partial charge in [-0.1, -0.05) is 0 Å². The normalized spacial score (nSPS) is 18.6. The Bertz CT molecular complexity index is 500. The highest BCUT2D eigenvalue weighted by molar-refractivity contribution is 5.95. The molecule has 1 fully saturated rings. The van der Waals surface area contributed by atoms with Gasteiger partial charge in [-0.05, 0) is 31.9 Å². The first-order valence-corrected chi connectivity index (χ1v) is 7.33. The van der Waals surface area contributed by atoms with E-state index in [-0.39, 0.29) is 18.1 Å². The quantitative estimate of drug-likeness (QED) is 0.871. The molecule has 1 heterocycles. The van der Waals surface area contributed by atoms with Gasteiger partial charge in [0.05, 0.1) is 33.5 Å². The maximum atomic E-state index is 12.4. The third-order valence-corrected chi connectivity index (χ3v) is 3.81. The Morgan fingerprint density at radius 2 is 1.86 bits per heavy atom. The van der Waals surface area contributed by atoms with Crippen LogP contribution in [0.4, 0.5) is 0 Å². The number of carbonyl (C=O) groups excluding carboxylic acids is 1. The third-order valence-electron chi connectivity index (χ3n) is 3.81. The van der Waals surface area contributed by atoms with Crippen molar-refractivity contribution in [1.29, 1.82) is 0 Å². The van der Waals surface area contributed by atoms with Gasteiger partial charge >= 0.3 is 0 Å². The van der Waals surface area contributed by atoms with E-state index in [0.29, 0.717) is 22.8 Å². The van der Waals surface area contributed by atoms with Crippen LogP contribution in [0.15, 0.2) is 12.1 Å². The fraction of sp³-hybridized carbons (Fsp3) is 0.562. The zero-order valence-electron chi connectivity index (χ0n) is 13.5. The Morgan fingerprint density at radius 3 is 2.32 bits per heavy atom. The Balaban J connectivity index is 2.18. The van der Waals surface area contributed by atoms with Crippen LogP contribution < -0.4 is 19.5 Å². The highest BCUT2D eigenvalue weighted by Gasteiger charge is 2.25. The summed E-state index contributed by atoms with van der Waals surface area (Å²) in [6.45, 7) is 2.71. The van der Waals surface area contributed by atoms with Crippen LogP contribution in [0.5, 0.6) is 17.2 Å². The van der Waals surface area contributed by atoms with Gasteiger partial charge in [0.1, 0.15) is 0 Å². The van der Waals surface area contributed by atoms with Crippen LogP contribution in [0.25, 0.3) is 0 Å². The molecule has 1 aromatic carbocycles.